The number of nitrogens with two attached hydrogens (primary N) is 1. The minimum absolute atomic E-state index is 0.415. The number of carbonyl (C=O) groups excluding carboxylic acids is 1. The number of aryl methyl sites for hydroxylation is 1. The van der Waals surface area contributed by atoms with Crippen LogP contribution in [0.3, 0.4) is 0 Å². The Balaban J connectivity index is 2.23. The summed E-state index contributed by atoms with van der Waals surface area (Å²) in [6.07, 6.45) is 1.47. The van der Waals surface area contributed by atoms with Crippen LogP contribution in [0.15, 0.2) is 18.5 Å². The summed E-state index contributed by atoms with van der Waals surface area (Å²) in [6.45, 7) is 1.66. The number of anilines is 1. The van der Waals surface area contributed by atoms with E-state index in [2.05, 4.69) is 15.5 Å². The van der Waals surface area contributed by atoms with E-state index in [4.69, 9.17) is 5.73 Å². The number of nitrogen functional groups attached to an aromatic ring is 1. The van der Waals surface area contributed by atoms with E-state index < -0.39 is 34.8 Å². The SMILES string of the molecule is CC(NC(=O)c1cc(F)cc(N)c1F)c1nncn1C. The molecule has 1 aromatic carbocycles. The summed E-state index contributed by atoms with van der Waals surface area (Å²) in [6, 6.07) is 1.10. The van der Waals surface area contributed by atoms with Crippen molar-refractivity contribution in [3.05, 3.63) is 41.5 Å². The summed E-state index contributed by atoms with van der Waals surface area (Å²) in [5, 5.41) is 10.0. The van der Waals surface area contributed by atoms with Crippen molar-refractivity contribution in [2.75, 3.05) is 5.73 Å². The highest BCUT2D eigenvalue weighted by atomic mass is 19.1. The Kier molecular flexibility index (Phi) is 3.64. The molecule has 0 aliphatic carbocycles. The Morgan fingerprint density at radius 2 is 2.15 bits per heavy atom. The molecule has 0 aliphatic heterocycles. The van der Waals surface area contributed by atoms with Crippen LogP contribution in [-0.4, -0.2) is 20.7 Å². The van der Waals surface area contributed by atoms with E-state index in [9.17, 15) is 13.6 Å². The maximum atomic E-state index is 13.7. The van der Waals surface area contributed by atoms with Gasteiger partial charge in [0, 0.05) is 7.05 Å². The van der Waals surface area contributed by atoms with Gasteiger partial charge in [0.05, 0.1) is 17.3 Å². The Hall–Kier alpha value is -2.51. The quantitative estimate of drug-likeness (QED) is 0.827. The van der Waals surface area contributed by atoms with Gasteiger partial charge in [0.15, 0.2) is 11.6 Å². The summed E-state index contributed by atoms with van der Waals surface area (Å²) in [4.78, 5) is 12.0. The van der Waals surface area contributed by atoms with Crippen molar-refractivity contribution in [3.8, 4) is 0 Å². The second-order valence-electron chi connectivity index (χ2n) is 4.35. The van der Waals surface area contributed by atoms with Crippen LogP contribution in [-0.2, 0) is 7.05 Å². The van der Waals surface area contributed by atoms with Gasteiger partial charge < -0.3 is 15.6 Å². The van der Waals surface area contributed by atoms with Crippen molar-refractivity contribution >= 4 is 11.6 Å². The molecule has 2 rings (SSSR count). The number of carbonyl (C=O) groups is 1. The highest BCUT2D eigenvalue weighted by Crippen LogP contribution is 2.18. The standard InChI is InChI=1S/C12H13F2N5O/c1-6(11-18-16-5-19(11)2)17-12(20)8-3-7(13)4-9(15)10(8)14/h3-6H,15H2,1-2H3,(H,17,20). The first-order valence-corrected chi connectivity index (χ1v) is 5.79. The molecular formula is C12H13F2N5O. The number of benzene rings is 1. The molecule has 0 saturated heterocycles. The molecule has 0 aliphatic rings. The van der Waals surface area contributed by atoms with Crippen molar-refractivity contribution in [2.45, 2.75) is 13.0 Å². The lowest BCUT2D eigenvalue weighted by atomic mass is 10.1. The molecule has 0 saturated carbocycles. The third kappa shape index (κ3) is 2.58. The molecule has 1 amide bonds. The van der Waals surface area contributed by atoms with E-state index in [1.807, 2.05) is 0 Å². The van der Waals surface area contributed by atoms with Crippen molar-refractivity contribution in [1.82, 2.24) is 20.1 Å². The molecule has 1 heterocycles. The summed E-state index contributed by atoms with van der Waals surface area (Å²) >= 11 is 0. The van der Waals surface area contributed by atoms with Crippen LogP contribution < -0.4 is 11.1 Å². The predicted molar refractivity (Wildman–Crippen MR) is 67.7 cm³/mol. The van der Waals surface area contributed by atoms with Crippen molar-refractivity contribution < 1.29 is 13.6 Å². The molecule has 106 valence electrons. The normalized spacial score (nSPS) is 12.2. The van der Waals surface area contributed by atoms with Gasteiger partial charge in [-0.1, -0.05) is 0 Å². The molecule has 0 radical (unpaired) electrons. The van der Waals surface area contributed by atoms with Gasteiger partial charge in [-0.05, 0) is 19.1 Å². The van der Waals surface area contributed by atoms with Gasteiger partial charge in [-0.25, -0.2) is 8.78 Å². The van der Waals surface area contributed by atoms with E-state index in [0.29, 0.717) is 5.82 Å². The Labute approximate surface area is 113 Å². The smallest absolute Gasteiger partial charge is 0.255 e. The Morgan fingerprint density at radius 3 is 2.75 bits per heavy atom. The van der Waals surface area contributed by atoms with Crippen LogP contribution in [0.5, 0.6) is 0 Å². The summed E-state index contributed by atoms with van der Waals surface area (Å²) < 4.78 is 28.5. The molecule has 8 heteroatoms. The second kappa shape index (κ2) is 5.24. The molecule has 0 spiro atoms. The minimum atomic E-state index is -0.950. The molecule has 1 atom stereocenters. The first kappa shape index (κ1) is 13.9. The maximum absolute atomic E-state index is 13.7. The number of aromatic nitrogens is 3. The Morgan fingerprint density at radius 1 is 1.45 bits per heavy atom. The highest BCUT2D eigenvalue weighted by Gasteiger charge is 2.20. The summed E-state index contributed by atoms with van der Waals surface area (Å²) in [5.41, 5.74) is 4.42. The number of amides is 1. The highest BCUT2D eigenvalue weighted by molar-refractivity contribution is 5.95. The van der Waals surface area contributed by atoms with E-state index >= 15 is 0 Å². The first-order chi connectivity index (χ1) is 9.40. The lowest BCUT2D eigenvalue weighted by Gasteiger charge is -2.13. The third-order valence-corrected chi connectivity index (χ3v) is 2.79. The molecule has 3 N–H and O–H groups in total. The van der Waals surface area contributed by atoms with E-state index in [1.165, 1.54) is 6.33 Å². The predicted octanol–water partition coefficient (Wildman–Crippen LogP) is 1.17. The van der Waals surface area contributed by atoms with Crippen LogP contribution in [0.2, 0.25) is 0 Å². The van der Waals surface area contributed by atoms with Crippen molar-refractivity contribution in [1.29, 1.82) is 0 Å². The molecule has 2 aromatic rings. The Bertz CT molecular complexity index is 655. The van der Waals surface area contributed by atoms with Crippen LogP contribution in [0.4, 0.5) is 14.5 Å². The lowest BCUT2D eigenvalue weighted by Crippen LogP contribution is -2.29. The van der Waals surface area contributed by atoms with E-state index in [0.717, 1.165) is 12.1 Å². The number of halogens is 2. The fraction of sp³-hybridized carbons (Fsp3) is 0.250. The number of hydrogen-bond donors (Lipinski definition) is 2. The summed E-state index contributed by atoms with van der Waals surface area (Å²) in [5.74, 6) is -2.01. The fourth-order valence-corrected chi connectivity index (χ4v) is 1.80. The average molecular weight is 281 g/mol. The molecule has 20 heavy (non-hydrogen) atoms. The van der Waals surface area contributed by atoms with Crippen LogP contribution >= 0.6 is 0 Å². The van der Waals surface area contributed by atoms with Gasteiger partial charge in [-0.2, -0.15) is 0 Å². The molecule has 6 nitrogen and oxygen atoms in total. The van der Waals surface area contributed by atoms with Crippen LogP contribution in [0.1, 0.15) is 29.1 Å². The van der Waals surface area contributed by atoms with Gasteiger partial charge in [-0.3, -0.25) is 4.79 Å². The molecule has 1 aromatic heterocycles. The molecule has 1 unspecified atom stereocenters. The van der Waals surface area contributed by atoms with Gasteiger partial charge >= 0.3 is 0 Å². The van der Waals surface area contributed by atoms with Gasteiger partial charge in [-0.15, -0.1) is 10.2 Å². The third-order valence-electron chi connectivity index (χ3n) is 2.79. The minimum Gasteiger partial charge on any atom is -0.396 e. The van der Waals surface area contributed by atoms with Crippen LogP contribution in [0.25, 0.3) is 0 Å². The van der Waals surface area contributed by atoms with Crippen molar-refractivity contribution in [2.24, 2.45) is 7.05 Å². The van der Waals surface area contributed by atoms with Gasteiger partial charge in [0.1, 0.15) is 12.1 Å². The van der Waals surface area contributed by atoms with E-state index in [1.54, 1.807) is 18.5 Å². The molecule has 0 bridgehead atoms. The fourth-order valence-electron chi connectivity index (χ4n) is 1.80. The average Bonchev–Trinajstić information content (AvgIpc) is 2.79. The molecule has 0 fully saturated rings. The molecular weight excluding hydrogens is 268 g/mol. The second-order valence-corrected chi connectivity index (χ2v) is 4.35. The topological polar surface area (TPSA) is 85.8 Å². The number of nitrogens with zero attached hydrogens (tertiary/aromatic N) is 3. The number of nitrogens with one attached hydrogen (secondary N) is 1. The monoisotopic (exact) mass is 281 g/mol. The van der Waals surface area contributed by atoms with E-state index in [-0.39, 0.29) is 0 Å². The zero-order valence-corrected chi connectivity index (χ0v) is 10.9. The number of hydrogen-bond acceptors (Lipinski definition) is 4. The van der Waals surface area contributed by atoms with Crippen molar-refractivity contribution in [3.63, 3.8) is 0 Å². The van der Waals surface area contributed by atoms with Gasteiger partial charge in [0.25, 0.3) is 5.91 Å². The largest absolute Gasteiger partial charge is 0.396 e. The van der Waals surface area contributed by atoms with Gasteiger partial charge in [0.2, 0.25) is 0 Å². The lowest BCUT2D eigenvalue weighted by molar-refractivity contribution is 0.0933. The summed E-state index contributed by atoms with van der Waals surface area (Å²) in [7, 11) is 1.71. The zero-order valence-electron chi connectivity index (χ0n) is 10.9. The zero-order chi connectivity index (χ0) is 14.9. The number of rotatable bonds is 3. The first-order valence-electron chi connectivity index (χ1n) is 5.79. The van der Waals surface area contributed by atoms with Crippen LogP contribution in [0, 0.1) is 11.6 Å². The maximum Gasteiger partial charge on any atom is 0.255 e.